The zero-order valence-corrected chi connectivity index (χ0v) is 12.7. The van der Waals surface area contributed by atoms with E-state index in [9.17, 15) is 0 Å². The molecule has 1 saturated carbocycles. The highest BCUT2D eigenvalue weighted by molar-refractivity contribution is 5.51. The zero-order valence-electron chi connectivity index (χ0n) is 12.7. The van der Waals surface area contributed by atoms with E-state index in [0.29, 0.717) is 6.04 Å². The molecule has 1 aromatic rings. The van der Waals surface area contributed by atoms with Crippen LogP contribution in [-0.2, 0) is 6.42 Å². The second-order valence-corrected chi connectivity index (χ2v) is 6.19. The van der Waals surface area contributed by atoms with Crippen molar-refractivity contribution in [1.82, 2.24) is 0 Å². The average Bonchev–Trinajstić information content (AvgIpc) is 2.40. The van der Waals surface area contributed by atoms with Gasteiger partial charge in [-0.05, 0) is 61.9 Å². The van der Waals surface area contributed by atoms with Crippen LogP contribution in [0.1, 0.15) is 43.7 Å². The third-order valence-corrected chi connectivity index (χ3v) is 4.60. The van der Waals surface area contributed by atoms with E-state index in [2.05, 4.69) is 44.0 Å². The summed E-state index contributed by atoms with van der Waals surface area (Å²) in [6, 6.07) is 7.55. The normalized spacial score (nSPS) is 23.4. The summed E-state index contributed by atoms with van der Waals surface area (Å²) in [4.78, 5) is 2.48. The van der Waals surface area contributed by atoms with Crippen molar-refractivity contribution in [2.45, 2.75) is 52.0 Å². The Balaban J connectivity index is 2.10. The van der Waals surface area contributed by atoms with Crippen LogP contribution in [0.15, 0.2) is 18.2 Å². The molecule has 0 amide bonds. The summed E-state index contributed by atoms with van der Waals surface area (Å²) in [5.74, 6) is 0.874. The van der Waals surface area contributed by atoms with E-state index in [4.69, 9.17) is 5.73 Å². The minimum absolute atomic E-state index is 0.712. The summed E-state index contributed by atoms with van der Waals surface area (Å²) < 4.78 is 0. The Morgan fingerprint density at radius 2 is 2.11 bits per heavy atom. The summed E-state index contributed by atoms with van der Waals surface area (Å²) >= 11 is 0. The van der Waals surface area contributed by atoms with Gasteiger partial charge in [0.05, 0.1) is 0 Å². The van der Waals surface area contributed by atoms with Crippen molar-refractivity contribution in [3.05, 3.63) is 29.3 Å². The summed E-state index contributed by atoms with van der Waals surface area (Å²) in [7, 11) is 2.25. The molecule has 0 heterocycles. The van der Waals surface area contributed by atoms with Crippen LogP contribution in [-0.4, -0.2) is 19.6 Å². The van der Waals surface area contributed by atoms with E-state index in [0.717, 1.165) is 18.9 Å². The Bertz CT molecular complexity index is 414. The Hall–Kier alpha value is -1.02. The van der Waals surface area contributed by atoms with Gasteiger partial charge in [-0.15, -0.1) is 0 Å². The fourth-order valence-electron chi connectivity index (χ4n) is 3.30. The molecule has 1 aliphatic carbocycles. The van der Waals surface area contributed by atoms with E-state index in [1.165, 1.54) is 42.5 Å². The number of rotatable bonds is 4. The first kappa shape index (κ1) is 14.4. The molecule has 0 radical (unpaired) electrons. The summed E-state index contributed by atoms with van der Waals surface area (Å²) in [5.41, 5.74) is 9.77. The lowest BCUT2D eigenvalue weighted by molar-refractivity contribution is 0.336. The number of nitrogens with two attached hydrogens (primary N) is 1. The lowest BCUT2D eigenvalue weighted by atomic mass is 9.86. The van der Waals surface area contributed by atoms with Gasteiger partial charge in [-0.3, -0.25) is 0 Å². The molecule has 2 unspecified atom stereocenters. The third-order valence-electron chi connectivity index (χ3n) is 4.60. The minimum Gasteiger partial charge on any atom is -0.372 e. The maximum Gasteiger partial charge on any atom is 0.0368 e. The van der Waals surface area contributed by atoms with Crippen LogP contribution in [0.5, 0.6) is 0 Å². The van der Waals surface area contributed by atoms with Gasteiger partial charge < -0.3 is 10.6 Å². The first-order valence-corrected chi connectivity index (χ1v) is 7.64. The minimum atomic E-state index is 0.712. The van der Waals surface area contributed by atoms with Gasteiger partial charge in [-0.25, -0.2) is 0 Å². The van der Waals surface area contributed by atoms with Gasteiger partial charge in [0.15, 0.2) is 0 Å². The van der Waals surface area contributed by atoms with Crippen LogP contribution in [0.25, 0.3) is 0 Å². The highest BCUT2D eigenvalue weighted by atomic mass is 15.1. The van der Waals surface area contributed by atoms with E-state index in [1.807, 2.05) is 0 Å². The molecule has 0 aromatic heterocycles. The number of benzene rings is 1. The van der Waals surface area contributed by atoms with Crippen molar-refractivity contribution in [3.63, 3.8) is 0 Å². The Labute approximate surface area is 118 Å². The monoisotopic (exact) mass is 260 g/mol. The van der Waals surface area contributed by atoms with Gasteiger partial charge in [0.2, 0.25) is 0 Å². The standard InChI is InChI=1S/C17H28N2/c1-13-5-4-6-16(11-13)19(3)17-8-7-15(9-10-18)14(2)12-17/h7-8,12-13,16H,4-6,9-11,18H2,1-3H3. The number of anilines is 1. The predicted octanol–water partition coefficient (Wildman–Crippen LogP) is 3.51. The summed E-state index contributed by atoms with van der Waals surface area (Å²) in [5, 5.41) is 0. The fraction of sp³-hybridized carbons (Fsp3) is 0.647. The largest absolute Gasteiger partial charge is 0.372 e. The van der Waals surface area contributed by atoms with Crippen molar-refractivity contribution < 1.29 is 0 Å². The maximum absolute atomic E-state index is 5.65. The first-order chi connectivity index (χ1) is 9.11. The van der Waals surface area contributed by atoms with Crippen LogP contribution in [0.3, 0.4) is 0 Å². The predicted molar refractivity (Wildman–Crippen MR) is 83.8 cm³/mol. The average molecular weight is 260 g/mol. The molecule has 2 rings (SSSR count). The summed E-state index contributed by atoms with van der Waals surface area (Å²) in [6.07, 6.45) is 6.43. The van der Waals surface area contributed by atoms with Crippen LogP contribution < -0.4 is 10.6 Å². The first-order valence-electron chi connectivity index (χ1n) is 7.64. The molecule has 1 aromatic carbocycles. The Kier molecular flexibility index (Phi) is 4.87. The molecule has 1 aliphatic rings. The zero-order chi connectivity index (χ0) is 13.8. The van der Waals surface area contributed by atoms with Gasteiger partial charge >= 0.3 is 0 Å². The van der Waals surface area contributed by atoms with Crippen molar-refractivity contribution in [2.75, 3.05) is 18.5 Å². The highest BCUT2D eigenvalue weighted by Gasteiger charge is 2.22. The second-order valence-electron chi connectivity index (χ2n) is 6.19. The SMILES string of the molecule is Cc1cc(N(C)C2CCCC(C)C2)ccc1CCN. The van der Waals surface area contributed by atoms with Gasteiger partial charge in [-0.1, -0.05) is 25.8 Å². The molecule has 0 saturated heterocycles. The maximum atomic E-state index is 5.65. The number of hydrogen-bond acceptors (Lipinski definition) is 2. The second kappa shape index (κ2) is 6.42. The van der Waals surface area contributed by atoms with Crippen molar-refractivity contribution in [2.24, 2.45) is 11.7 Å². The smallest absolute Gasteiger partial charge is 0.0368 e. The van der Waals surface area contributed by atoms with Crippen LogP contribution >= 0.6 is 0 Å². The van der Waals surface area contributed by atoms with Gasteiger partial charge in [-0.2, -0.15) is 0 Å². The van der Waals surface area contributed by atoms with Crippen molar-refractivity contribution in [3.8, 4) is 0 Å². The van der Waals surface area contributed by atoms with Crippen molar-refractivity contribution in [1.29, 1.82) is 0 Å². The van der Waals surface area contributed by atoms with E-state index in [1.54, 1.807) is 0 Å². The van der Waals surface area contributed by atoms with E-state index in [-0.39, 0.29) is 0 Å². The molecule has 2 N–H and O–H groups in total. The van der Waals surface area contributed by atoms with E-state index >= 15 is 0 Å². The third kappa shape index (κ3) is 3.50. The van der Waals surface area contributed by atoms with Gasteiger partial charge in [0, 0.05) is 18.8 Å². The van der Waals surface area contributed by atoms with Crippen LogP contribution in [0, 0.1) is 12.8 Å². The molecule has 2 nitrogen and oxygen atoms in total. The van der Waals surface area contributed by atoms with Gasteiger partial charge in [0.1, 0.15) is 0 Å². The molecular weight excluding hydrogens is 232 g/mol. The molecular formula is C17H28N2. The number of nitrogens with zero attached hydrogens (tertiary/aromatic N) is 1. The lowest BCUT2D eigenvalue weighted by Crippen LogP contribution is -2.35. The molecule has 2 heteroatoms. The molecule has 0 aliphatic heterocycles. The van der Waals surface area contributed by atoms with Gasteiger partial charge in [0.25, 0.3) is 0 Å². The fourth-order valence-corrected chi connectivity index (χ4v) is 3.30. The Morgan fingerprint density at radius 1 is 1.32 bits per heavy atom. The van der Waals surface area contributed by atoms with Crippen LogP contribution in [0.2, 0.25) is 0 Å². The van der Waals surface area contributed by atoms with Crippen LogP contribution in [0.4, 0.5) is 5.69 Å². The molecule has 1 fully saturated rings. The molecule has 0 bridgehead atoms. The number of hydrogen-bond donors (Lipinski definition) is 1. The summed E-state index contributed by atoms with van der Waals surface area (Å²) in [6.45, 7) is 5.32. The molecule has 0 spiro atoms. The van der Waals surface area contributed by atoms with E-state index < -0.39 is 0 Å². The molecule has 106 valence electrons. The van der Waals surface area contributed by atoms with Crippen molar-refractivity contribution >= 4 is 5.69 Å². The Morgan fingerprint density at radius 3 is 2.74 bits per heavy atom. The quantitative estimate of drug-likeness (QED) is 0.897. The lowest BCUT2D eigenvalue weighted by Gasteiger charge is -2.36. The topological polar surface area (TPSA) is 29.3 Å². The molecule has 2 atom stereocenters. The number of aryl methyl sites for hydroxylation is 1. The molecule has 19 heavy (non-hydrogen) atoms. The highest BCUT2D eigenvalue weighted by Crippen LogP contribution is 2.30.